The van der Waals surface area contributed by atoms with E-state index in [1.807, 2.05) is 13.0 Å². The van der Waals surface area contributed by atoms with Crippen LogP contribution < -0.4 is 10.6 Å². The van der Waals surface area contributed by atoms with Gasteiger partial charge in [0.15, 0.2) is 0 Å². The molecule has 1 aromatic carbocycles. The van der Waals surface area contributed by atoms with Crippen molar-refractivity contribution in [3.05, 3.63) is 28.2 Å². The highest BCUT2D eigenvalue weighted by Crippen LogP contribution is 2.25. The van der Waals surface area contributed by atoms with E-state index in [2.05, 4.69) is 26.6 Å². The highest BCUT2D eigenvalue weighted by Gasteiger charge is 2.19. The second-order valence-corrected chi connectivity index (χ2v) is 4.73. The largest absolute Gasteiger partial charge is 0.480 e. The number of carbonyl (C=O) groups is 2. The van der Waals surface area contributed by atoms with Crippen LogP contribution in [0, 0.1) is 6.92 Å². The fourth-order valence-electron chi connectivity index (χ4n) is 1.45. The number of aryl methyl sites for hydroxylation is 1. The number of aliphatic hydroxyl groups is 1. The number of amides is 2. The van der Waals surface area contributed by atoms with Crippen LogP contribution in [-0.2, 0) is 4.79 Å². The van der Waals surface area contributed by atoms with E-state index in [1.54, 1.807) is 12.1 Å². The number of rotatable bonds is 5. The lowest BCUT2D eigenvalue weighted by Gasteiger charge is -2.15. The first-order chi connectivity index (χ1) is 8.95. The van der Waals surface area contributed by atoms with Gasteiger partial charge in [-0.15, -0.1) is 0 Å². The fraction of sp³-hybridized carbons (Fsp3) is 0.333. The fourth-order valence-corrected chi connectivity index (χ4v) is 1.81. The number of carboxylic acids is 1. The molecular weight excluding hydrogens is 316 g/mol. The number of urea groups is 1. The number of aliphatic hydroxyl groups excluding tert-OH is 1. The summed E-state index contributed by atoms with van der Waals surface area (Å²) in [6.45, 7) is 1.56. The van der Waals surface area contributed by atoms with Gasteiger partial charge in [0.05, 0.1) is 5.69 Å². The zero-order chi connectivity index (χ0) is 14.4. The van der Waals surface area contributed by atoms with Crippen LogP contribution in [0.5, 0.6) is 0 Å². The molecule has 0 unspecified atom stereocenters. The van der Waals surface area contributed by atoms with Gasteiger partial charge in [-0.1, -0.05) is 12.1 Å². The molecule has 104 valence electrons. The van der Waals surface area contributed by atoms with E-state index in [-0.39, 0.29) is 13.0 Å². The average molecular weight is 331 g/mol. The van der Waals surface area contributed by atoms with Crippen molar-refractivity contribution < 1.29 is 19.8 Å². The van der Waals surface area contributed by atoms with E-state index in [0.717, 1.165) is 10.0 Å². The Hall–Kier alpha value is -1.60. The maximum absolute atomic E-state index is 11.7. The van der Waals surface area contributed by atoms with Crippen molar-refractivity contribution in [1.82, 2.24) is 5.32 Å². The van der Waals surface area contributed by atoms with Crippen LogP contribution in [-0.4, -0.2) is 34.9 Å². The Morgan fingerprint density at radius 1 is 1.42 bits per heavy atom. The highest BCUT2D eigenvalue weighted by atomic mass is 79.9. The molecule has 0 radical (unpaired) electrons. The van der Waals surface area contributed by atoms with Gasteiger partial charge in [0.1, 0.15) is 6.04 Å². The van der Waals surface area contributed by atoms with Crippen molar-refractivity contribution in [2.24, 2.45) is 0 Å². The Kier molecular flexibility index (Phi) is 5.78. The number of anilines is 1. The lowest BCUT2D eigenvalue weighted by molar-refractivity contribution is -0.139. The summed E-state index contributed by atoms with van der Waals surface area (Å²) in [7, 11) is 0. The SMILES string of the molecule is Cc1cccc(NC(=O)N[C@H](CCO)C(=O)O)c1Br. The topological polar surface area (TPSA) is 98.7 Å². The van der Waals surface area contributed by atoms with Gasteiger partial charge in [0, 0.05) is 17.5 Å². The minimum absolute atomic E-state index is 0.0439. The van der Waals surface area contributed by atoms with Crippen LogP contribution >= 0.6 is 15.9 Å². The van der Waals surface area contributed by atoms with Gasteiger partial charge in [-0.25, -0.2) is 9.59 Å². The molecule has 1 rings (SSSR count). The molecule has 1 aromatic rings. The number of hydrogen-bond donors (Lipinski definition) is 4. The quantitative estimate of drug-likeness (QED) is 0.660. The van der Waals surface area contributed by atoms with Crippen molar-refractivity contribution in [2.45, 2.75) is 19.4 Å². The number of hydrogen-bond acceptors (Lipinski definition) is 3. The van der Waals surface area contributed by atoms with E-state index in [9.17, 15) is 9.59 Å². The number of benzene rings is 1. The summed E-state index contributed by atoms with van der Waals surface area (Å²) in [5.41, 5.74) is 1.49. The van der Waals surface area contributed by atoms with Gasteiger partial charge in [-0.05, 0) is 34.5 Å². The Bertz CT molecular complexity index is 479. The molecule has 0 heterocycles. The summed E-state index contributed by atoms with van der Waals surface area (Å²) in [4.78, 5) is 22.5. The van der Waals surface area contributed by atoms with Gasteiger partial charge in [-0.3, -0.25) is 0 Å². The number of carboxylic acid groups (broad SMARTS) is 1. The monoisotopic (exact) mass is 330 g/mol. The first-order valence-electron chi connectivity index (χ1n) is 5.62. The normalized spacial score (nSPS) is 11.7. The predicted octanol–water partition coefficient (Wildman–Crippen LogP) is 1.71. The molecule has 0 spiro atoms. The summed E-state index contributed by atoms with van der Waals surface area (Å²) in [6.07, 6.45) is -0.0439. The Balaban J connectivity index is 2.69. The van der Waals surface area contributed by atoms with Crippen LogP contribution in [0.4, 0.5) is 10.5 Å². The van der Waals surface area contributed by atoms with Gasteiger partial charge in [-0.2, -0.15) is 0 Å². The van der Waals surface area contributed by atoms with Gasteiger partial charge in [0.2, 0.25) is 0 Å². The van der Waals surface area contributed by atoms with Crippen molar-refractivity contribution >= 4 is 33.6 Å². The molecule has 0 fully saturated rings. The molecule has 4 N–H and O–H groups in total. The summed E-state index contributed by atoms with van der Waals surface area (Å²) in [5.74, 6) is -1.19. The Morgan fingerprint density at radius 2 is 2.11 bits per heavy atom. The van der Waals surface area contributed by atoms with E-state index < -0.39 is 18.0 Å². The van der Waals surface area contributed by atoms with Crippen molar-refractivity contribution in [3.63, 3.8) is 0 Å². The van der Waals surface area contributed by atoms with Crippen molar-refractivity contribution in [3.8, 4) is 0 Å². The second-order valence-electron chi connectivity index (χ2n) is 3.94. The Morgan fingerprint density at radius 3 is 2.68 bits per heavy atom. The molecule has 1 atom stereocenters. The molecule has 6 nitrogen and oxygen atoms in total. The van der Waals surface area contributed by atoms with Crippen LogP contribution in [0.25, 0.3) is 0 Å². The van der Waals surface area contributed by atoms with E-state index in [0.29, 0.717) is 5.69 Å². The number of nitrogens with one attached hydrogen (secondary N) is 2. The molecule has 0 bridgehead atoms. The first-order valence-corrected chi connectivity index (χ1v) is 6.41. The third-order valence-electron chi connectivity index (χ3n) is 2.46. The molecule has 0 aliphatic carbocycles. The van der Waals surface area contributed by atoms with Gasteiger partial charge in [0.25, 0.3) is 0 Å². The summed E-state index contributed by atoms with van der Waals surface area (Å²) in [6, 6.07) is 3.59. The first kappa shape index (κ1) is 15.5. The third-order valence-corrected chi connectivity index (χ3v) is 3.51. The summed E-state index contributed by atoms with van der Waals surface area (Å²) >= 11 is 3.34. The number of aliphatic carboxylic acids is 1. The zero-order valence-corrected chi connectivity index (χ0v) is 11.9. The molecule has 2 amide bonds. The van der Waals surface area contributed by atoms with Crippen LogP contribution in [0.1, 0.15) is 12.0 Å². The molecular formula is C12H15BrN2O4. The maximum Gasteiger partial charge on any atom is 0.326 e. The molecule has 0 aliphatic heterocycles. The highest BCUT2D eigenvalue weighted by molar-refractivity contribution is 9.10. The lowest BCUT2D eigenvalue weighted by atomic mass is 10.2. The minimum atomic E-state index is -1.19. The zero-order valence-electron chi connectivity index (χ0n) is 10.3. The molecule has 0 saturated heterocycles. The molecule has 0 aromatic heterocycles. The third kappa shape index (κ3) is 4.53. The standard InChI is InChI=1S/C12H15BrN2O4/c1-7-3-2-4-8(10(7)13)14-12(19)15-9(5-6-16)11(17)18/h2-4,9,16H,5-6H2,1H3,(H,17,18)(H2,14,15,19)/t9-/m1/s1. The Labute approximate surface area is 118 Å². The molecule has 0 aliphatic rings. The van der Waals surface area contributed by atoms with Crippen LogP contribution in [0.2, 0.25) is 0 Å². The van der Waals surface area contributed by atoms with E-state index in [1.165, 1.54) is 0 Å². The van der Waals surface area contributed by atoms with Gasteiger partial charge < -0.3 is 20.8 Å². The summed E-state index contributed by atoms with van der Waals surface area (Å²) < 4.78 is 0.735. The van der Waals surface area contributed by atoms with E-state index >= 15 is 0 Å². The molecule has 7 heteroatoms. The number of halogens is 1. The minimum Gasteiger partial charge on any atom is -0.480 e. The van der Waals surface area contributed by atoms with Crippen LogP contribution in [0.15, 0.2) is 22.7 Å². The molecule has 19 heavy (non-hydrogen) atoms. The molecule has 0 saturated carbocycles. The average Bonchev–Trinajstić information content (AvgIpc) is 2.34. The number of carbonyl (C=O) groups excluding carboxylic acids is 1. The lowest BCUT2D eigenvalue weighted by Crippen LogP contribution is -2.43. The summed E-state index contributed by atoms with van der Waals surface area (Å²) in [5, 5.41) is 22.4. The van der Waals surface area contributed by atoms with Gasteiger partial charge >= 0.3 is 12.0 Å². The second kappa shape index (κ2) is 7.10. The predicted molar refractivity (Wildman–Crippen MR) is 74.2 cm³/mol. The smallest absolute Gasteiger partial charge is 0.326 e. The van der Waals surface area contributed by atoms with Crippen LogP contribution in [0.3, 0.4) is 0 Å². The van der Waals surface area contributed by atoms with Crippen molar-refractivity contribution in [2.75, 3.05) is 11.9 Å². The van der Waals surface area contributed by atoms with Crippen molar-refractivity contribution in [1.29, 1.82) is 0 Å². The maximum atomic E-state index is 11.7. The van der Waals surface area contributed by atoms with E-state index in [4.69, 9.17) is 10.2 Å².